The number of benzene rings is 1. The summed E-state index contributed by atoms with van der Waals surface area (Å²) >= 11 is 1.44. The second-order valence-electron chi connectivity index (χ2n) is 8.09. The molecule has 0 bridgehead atoms. The first-order valence-corrected chi connectivity index (χ1v) is 10.8. The quantitative estimate of drug-likeness (QED) is 0.678. The van der Waals surface area contributed by atoms with Gasteiger partial charge in [-0.1, -0.05) is 30.3 Å². The Morgan fingerprint density at radius 2 is 1.93 bits per heavy atom. The number of amides is 1. The molecule has 0 atom stereocenters. The second kappa shape index (κ2) is 7.85. The van der Waals surface area contributed by atoms with E-state index in [4.69, 9.17) is 4.74 Å². The van der Waals surface area contributed by atoms with E-state index in [0.29, 0.717) is 36.3 Å². The van der Waals surface area contributed by atoms with Gasteiger partial charge in [0.05, 0.1) is 17.6 Å². The minimum Gasteiger partial charge on any atom is -0.370 e. The molecule has 1 aliphatic heterocycles. The Balaban J connectivity index is 1.72. The molecule has 1 N–H and O–H groups in total. The molecular formula is C22H25N3O4S. The van der Waals surface area contributed by atoms with Gasteiger partial charge >= 0.3 is 5.69 Å². The van der Waals surface area contributed by atoms with E-state index in [1.165, 1.54) is 11.3 Å². The number of hydrogen-bond donors (Lipinski definition) is 1. The van der Waals surface area contributed by atoms with Crippen LogP contribution >= 0.6 is 11.3 Å². The summed E-state index contributed by atoms with van der Waals surface area (Å²) in [4.78, 5) is 40.5. The number of hydrogen-bond acceptors (Lipinski definition) is 5. The van der Waals surface area contributed by atoms with Crippen LogP contribution in [0.3, 0.4) is 0 Å². The molecule has 30 heavy (non-hydrogen) atoms. The fraction of sp³-hybridized carbons (Fsp3) is 0.409. The van der Waals surface area contributed by atoms with Gasteiger partial charge in [0.1, 0.15) is 11.4 Å². The van der Waals surface area contributed by atoms with E-state index < -0.39 is 11.2 Å². The lowest BCUT2D eigenvalue weighted by Crippen LogP contribution is -2.43. The fourth-order valence-electron chi connectivity index (χ4n) is 3.82. The van der Waals surface area contributed by atoms with Gasteiger partial charge < -0.3 is 10.1 Å². The van der Waals surface area contributed by atoms with E-state index in [-0.39, 0.29) is 18.1 Å². The summed E-state index contributed by atoms with van der Waals surface area (Å²) in [5.41, 5.74) is 0.664. The summed E-state index contributed by atoms with van der Waals surface area (Å²) in [7, 11) is 0. The van der Waals surface area contributed by atoms with Crippen LogP contribution in [0.25, 0.3) is 10.2 Å². The minimum atomic E-state index is -0.455. The summed E-state index contributed by atoms with van der Waals surface area (Å²) < 4.78 is 8.52. The Morgan fingerprint density at radius 1 is 1.20 bits per heavy atom. The van der Waals surface area contributed by atoms with Gasteiger partial charge in [-0.3, -0.25) is 18.7 Å². The van der Waals surface area contributed by atoms with Crippen molar-refractivity contribution in [2.75, 3.05) is 0 Å². The van der Waals surface area contributed by atoms with Gasteiger partial charge in [0, 0.05) is 24.4 Å². The summed E-state index contributed by atoms with van der Waals surface area (Å²) in [6.07, 6.45) is 0.597. The van der Waals surface area contributed by atoms with Crippen LogP contribution in [0, 0.1) is 0 Å². The molecule has 0 saturated carbocycles. The van der Waals surface area contributed by atoms with Gasteiger partial charge in [0.15, 0.2) is 0 Å². The fourth-order valence-corrected chi connectivity index (χ4v) is 5.10. The van der Waals surface area contributed by atoms with Crippen LogP contribution in [0.15, 0.2) is 39.9 Å². The van der Waals surface area contributed by atoms with Gasteiger partial charge in [-0.05, 0) is 31.9 Å². The topological polar surface area (TPSA) is 82.3 Å². The van der Waals surface area contributed by atoms with Gasteiger partial charge in [-0.25, -0.2) is 4.79 Å². The largest absolute Gasteiger partial charge is 0.370 e. The third-order valence-electron chi connectivity index (χ3n) is 5.39. The number of aryl methyl sites for hydroxylation is 1. The highest BCUT2D eigenvalue weighted by atomic mass is 32.1. The lowest BCUT2D eigenvalue weighted by molar-refractivity contribution is -0.121. The number of nitrogens with zero attached hydrogens (tertiary/aromatic N) is 2. The Hall–Kier alpha value is -2.71. The van der Waals surface area contributed by atoms with E-state index in [2.05, 4.69) is 5.32 Å². The average Bonchev–Trinajstić information content (AvgIpc) is 3.08. The molecule has 4 rings (SSSR count). The third kappa shape index (κ3) is 3.73. The number of carbonyl (C=O) groups excluding carboxylic acids is 1. The van der Waals surface area contributed by atoms with Crippen molar-refractivity contribution >= 4 is 27.5 Å². The van der Waals surface area contributed by atoms with E-state index in [9.17, 15) is 14.4 Å². The molecule has 158 valence electrons. The van der Waals surface area contributed by atoms with Gasteiger partial charge in [-0.2, -0.15) is 0 Å². The highest BCUT2D eigenvalue weighted by Crippen LogP contribution is 2.37. The first-order chi connectivity index (χ1) is 14.3. The van der Waals surface area contributed by atoms with E-state index in [1.54, 1.807) is 4.57 Å². The van der Waals surface area contributed by atoms with Crippen molar-refractivity contribution in [2.45, 2.75) is 59.0 Å². The highest BCUT2D eigenvalue weighted by molar-refractivity contribution is 7.18. The van der Waals surface area contributed by atoms with E-state index in [0.717, 1.165) is 20.6 Å². The van der Waals surface area contributed by atoms with Crippen LogP contribution in [0.5, 0.6) is 0 Å². The maximum absolute atomic E-state index is 13.3. The molecule has 7 nitrogen and oxygen atoms in total. The average molecular weight is 428 g/mol. The molecule has 0 aliphatic carbocycles. The third-order valence-corrected chi connectivity index (χ3v) is 6.61. The van der Waals surface area contributed by atoms with Crippen LogP contribution in [-0.4, -0.2) is 20.6 Å². The van der Waals surface area contributed by atoms with Crippen molar-refractivity contribution in [3.8, 4) is 0 Å². The highest BCUT2D eigenvalue weighted by Gasteiger charge is 2.31. The van der Waals surface area contributed by atoms with Crippen LogP contribution in [0.4, 0.5) is 0 Å². The molecular weight excluding hydrogens is 402 g/mol. The first kappa shape index (κ1) is 20.6. The lowest BCUT2D eigenvalue weighted by atomic mass is 9.94. The van der Waals surface area contributed by atoms with Crippen molar-refractivity contribution in [1.29, 1.82) is 0 Å². The van der Waals surface area contributed by atoms with E-state index in [1.807, 2.05) is 51.1 Å². The monoisotopic (exact) mass is 427 g/mol. The molecule has 0 saturated heterocycles. The second-order valence-corrected chi connectivity index (χ2v) is 9.17. The standard InChI is InChI=1S/C22H25N3O4S/c1-4-24-20-18(15-10-22(2,3)29-13-16(15)30-20)19(27)25(21(24)28)12-17(26)23-11-14-8-6-5-7-9-14/h5-9H,4,10-13H2,1-3H3,(H,23,26). The predicted molar refractivity (Wildman–Crippen MR) is 117 cm³/mol. The minimum absolute atomic E-state index is 0.301. The van der Waals surface area contributed by atoms with E-state index >= 15 is 0 Å². The molecule has 2 aromatic heterocycles. The Kier molecular flexibility index (Phi) is 5.38. The van der Waals surface area contributed by atoms with Crippen LogP contribution in [0.1, 0.15) is 36.8 Å². The van der Waals surface area contributed by atoms with Crippen molar-refractivity contribution < 1.29 is 9.53 Å². The van der Waals surface area contributed by atoms with Crippen molar-refractivity contribution in [1.82, 2.24) is 14.5 Å². The number of ether oxygens (including phenoxy) is 1. The molecule has 8 heteroatoms. The smallest absolute Gasteiger partial charge is 0.332 e. The lowest BCUT2D eigenvalue weighted by Gasteiger charge is -2.29. The van der Waals surface area contributed by atoms with Crippen molar-refractivity contribution in [2.24, 2.45) is 0 Å². The van der Waals surface area contributed by atoms with Gasteiger partial charge in [-0.15, -0.1) is 11.3 Å². The zero-order valence-corrected chi connectivity index (χ0v) is 18.2. The molecule has 0 unspecified atom stereocenters. The van der Waals surface area contributed by atoms with Crippen LogP contribution < -0.4 is 16.6 Å². The molecule has 3 aromatic rings. The summed E-state index contributed by atoms with van der Waals surface area (Å²) in [6, 6.07) is 9.50. The zero-order valence-electron chi connectivity index (χ0n) is 17.4. The molecule has 0 radical (unpaired) electrons. The first-order valence-electron chi connectivity index (χ1n) is 10.0. The number of fused-ring (bicyclic) bond motifs is 3. The number of thiophene rings is 1. The summed E-state index contributed by atoms with van der Waals surface area (Å²) in [5, 5.41) is 3.34. The molecule has 1 aromatic carbocycles. The number of nitrogens with one attached hydrogen (secondary N) is 1. The summed E-state index contributed by atoms with van der Waals surface area (Å²) in [5.74, 6) is -0.368. The van der Waals surface area contributed by atoms with Gasteiger partial charge in [0.25, 0.3) is 5.56 Å². The molecule has 0 fully saturated rings. The van der Waals surface area contributed by atoms with Gasteiger partial charge in [0.2, 0.25) is 5.91 Å². The SMILES string of the molecule is CCn1c(=O)n(CC(=O)NCc2ccccc2)c(=O)c2c3c(sc21)COC(C)(C)C3. The van der Waals surface area contributed by atoms with Crippen molar-refractivity contribution in [3.63, 3.8) is 0 Å². The van der Waals surface area contributed by atoms with Crippen molar-refractivity contribution in [3.05, 3.63) is 67.2 Å². The number of aromatic nitrogens is 2. The number of carbonyl (C=O) groups is 1. The Labute approximate surface area is 177 Å². The maximum Gasteiger partial charge on any atom is 0.332 e. The predicted octanol–water partition coefficient (Wildman–Crippen LogP) is 2.41. The number of rotatable bonds is 5. The normalized spacial score (nSPS) is 15.2. The maximum atomic E-state index is 13.3. The Bertz CT molecular complexity index is 1220. The van der Waals surface area contributed by atoms with Crippen LogP contribution in [-0.2, 0) is 42.2 Å². The Morgan fingerprint density at radius 3 is 2.63 bits per heavy atom. The summed E-state index contributed by atoms with van der Waals surface area (Å²) in [6.45, 7) is 6.74. The molecule has 0 spiro atoms. The van der Waals surface area contributed by atoms with Crippen LogP contribution in [0.2, 0.25) is 0 Å². The molecule has 1 aliphatic rings. The zero-order chi connectivity index (χ0) is 21.5. The molecule has 3 heterocycles. The molecule has 1 amide bonds.